The van der Waals surface area contributed by atoms with Gasteiger partial charge in [-0.3, -0.25) is 14.4 Å². The van der Waals surface area contributed by atoms with Gasteiger partial charge in [0, 0.05) is 32.4 Å². The average Bonchev–Trinajstić information content (AvgIpc) is 2.97. The number of benzene rings is 1. The highest BCUT2D eigenvalue weighted by Crippen LogP contribution is 2.19. The molecule has 0 saturated carbocycles. The molecule has 1 amide bonds. The van der Waals surface area contributed by atoms with E-state index in [1.54, 1.807) is 4.68 Å². The zero-order valence-corrected chi connectivity index (χ0v) is 15.9. The van der Waals surface area contributed by atoms with Gasteiger partial charge in [0.1, 0.15) is 5.69 Å². The van der Waals surface area contributed by atoms with E-state index < -0.39 is 0 Å². The van der Waals surface area contributed by atoms with Gasteiger partial charge >= 0.3 is 0 Å². The van der Waals surface area contributed by atoms with Crippen LogP contribution in [0.25, 0.3) is 0 Å². The first-order valence-electron chi connectivity index (χ1n) is 9.25. The number of aryl methyl sites for hydroxylation is 1. The van der Waals surface area contributed by atoms with E-state index in [4.69, 9.17) is 4.74 Å². The molecule has 26 heavy (non-hydrogen) atoms. The van der Waals surface area contributed by atoms with Crippen molar-refractivity contribution in [1.29, 1.82) is 0 Å². The zero-order chi connectivity index (χ0) is 18.5. The minimum absolute atomic E-state index is 0.121. The Hall–Kier alpha value is -2.18. The summed E-state index contributed by atoms with van der Waals surface area (Å²) in [4.78, 5) is 15.1. The molecule has 0 radical (unpaired) electrons. The molecule has 1 saturated heterocycles. The van der Waals surface area contributed by atoms with Gasteiger partial charge in [-0.15, -0.1) is 0 Å². The van der Waals surface area contributed by atoms with Crippen molar-refractivity contribution in [2.75, 3.05) is 31.6 Å². The van der Waals surface area contributed by atoms with Gasteiger partial charge < -0.3 is 10.1 Å². The Morgan fingerprint density at radius 1 is 1.27 bits per heavy atom. The first-order valence-corrected chi connectivity index (χ1v) is 9.25. The summed E-state index contributed by atoms with van der Waals surface area (Å²) in [5, 5.41) is 7.53. The van der Waals surface area contributed by atoms with Crippen LogP contribution < -0.4 is 5.32 Å². The Bertz CT molecular complexity index is 748. The third-order valence-electron chi connectivity index (χ3n) is 4.54. The van der Waals surface area contributed by atoms with Crippen molar-refractivity contribution in [3.05, 3.63) is 47.3 Å². The Morgan fingerprint density at radius 3 is 2.73 bits per heavy atom. The van der Waals surface area contributed by atoms with E-state index in [-0.39, 0.29) is 5.91 Å². The van der Waals surface area contributed by atoms with Gasteiger partial charge in [-0.25, -0.2) is 0 Å². The number of aromatic nitrogens is 2. The van der Waals surface area contributed by atoms with Crippen molar-refractivity contribution in [2.45, 2.75) is 26.8 Å². The molecule has 1 aromatic carbocycles. The van der Waals surface area contributed by atoms with Crippen molar-refractivity contribution in [1.82, 2.24) is 14.7 Å². The largest absolute Gasteiger partial charge is 0.379 e. The molecule has 6 nitrogen and oxygen atoms in total. The van der Waals surface area contributed by atoms with Crippen LogP contribution in [0.5, 0.6) is 0 Å². The number of nitrogens with zero attached hydrogens (tertiary/aromatic N) is 3. The molecular formula is C20H28N4O2. The van der Waals surface area contributed by atoms with Gasteiger partial charge in [-0.1, -0.05) is 32.0 Å². The molecule has 140 valence electrons. The lowest BCUT2D eigenvalue weighted by molar-refractivity contribution is 0.0342. The Balaban J connectivity index is 1.72. The molecule has 2 heterocycles. The molecule has 0 unspecified atom stereocenters. The summed E-state index contributed by atoms with van der Waals surface area (Å²) in [5.74, 6) is 0.388. The quantitative estimate of drug-likeness (QED) is 0.865. The highest BCUT2D eigenvalue weighted by molar-refractivity contribution is 6.03. The van der Waals surface area contributed by atoms with E-state index >= 15 is 0 Å². The van der Waals surface area contributed by atoms with Crippen LogP contribution in [0.15, 0.2) is 30.3 Å². The monoisotopic (exact) mass is 356 g/mol. The van der Waals surface area contributed by atoms with E-state index in [0.717, 1.165) is 56.2 Å². The molecule has 0 spiro atoms. The van der Waals surface area contributed by atoms with E-state index in [9.17, 15) is 4.79 Å². The minimum Gasteiger partial charge on any atom is -0.379 e. The summed E-state index contributed by atoms with van der Waals surface area (Å²) in [6, 6.07) is 9.87. The lowest BCUT2D eigenvalue weighted by atomic mass is 10.1. The van der Waals surface area contributed by atoms with Crippen LogP contribution in [0.2, 0.25) is 0 Å². The fourth-order valence-corrected chi connectivity index (χ4v) is 3.22. The zero-order valence-electron chi connectivity index (χ0n) is 15.9. The predicted octanol–water partition coefficient (Wildman–Crippen LogP) is 2.70. The van der Waals surface area contributed by atoms with Gasteiger partial charge in [-0.2, -0.15) is 5.10 Å². The maximum Gasteiger partial charge on any atom is 0.273 e. The topological polar surface area (TPSA) is 59.4 Å². The van der Waals surface area contributed by atoms with Crippen molar-refractivity contribution >= 4 is 11.6 Å². The molecule has 1 aliphatic heterocycles. The normalized spacial score (nSPS) is 15.4. The molecular weight excluding hydrogens is 328 g/mol. The second-order valence-electron chi connectivity index (χ2n) is 7.24. The second kappa shape index (κ2) is 8.47. The van der Waals surface area contributed by atoms with Gasteiger partial charge in [0.15, 0.2) is 0 Å². The predicted molar refractivity (Wildman–Crippen MR) is 102 cm³/mol. The maximum absolute atomic E-state index is 12.8. The number of ether oxygens (including phenoxy) is 1. The Kier molecular flexibility index (Phi) is 6.06. The number of morpholine rings is 1. The van der Waals surface area contributed by atoms with Crippen LogP contribution >= 0.6 is 0 Å². The van der Waals surface area contributed by atoms with E-state index in [1.807, 2.05) is 31.3 Å². The van der Waals surface area contributed by atoms with Gasteiger partial charge in [0.05, 0.1) is 18.9 Å². The number of hydrogen-bond donors (Lipinski definition) is 1. The first kappa shape index (κ1) is 18.6. The molecule has 0 aliphatic carbocycles. The van der Waals surface area contributed by atoms with Crippen LogP contribution in [-0.4, -0.2) is 46.9 Å². The average molecular weight is 356 g/mol. The fourth-order valence-electron chi connectivity index (χ4n) is 3.22. The number of rotatable bonds is 6. The number of carbonyl (C=O) groups excluding carboxylic acids is 1. The summed E-state index contributed by atoms with van der Waals surface area (Å²) in [5.41, 5.74) is 3.51. The first-order chi connectivity index (χ1) is 12.5. The Labute approximate surface area is 155 Å². The number of anilines is 1. The van der Waals surface area contributed by atoms with Crippen molar-refractivity contribution in [3.8, 4) is 0 Å². The van der Waals surface area contributed by atoms with Crippen LogP contribution in [0.3, 0.4) is 0 Å². The smallest absolute Gasteiger partial charge is 0.273 e. The third-order valence-corrected chi connectivity index (χ3v) is 4.54. The summed E-state index contributed by atoms with van der Waals surface area (Å²) in [6.45, 7) is 8.48. The summed E-state index contributed by atoms with van der Waals surface area (Å²) < 4.78 is 7.08. The number of nitrogens with one attached hydrogen (secondary N) is 1. The summed E-state index contributed by atoms with van der Waals surface area (Å²) in [6.07, 6.45) is 0.870. The molecule has 0 bridgehead atoms. The lowest BCUT2D eigenvalue weighted by Gasteiger charge is -2.27. The molecule has 1 aromatic heterocycles. The molecule has 2 aromatic rings. The van der Waals surface area contributed by atoms with Crippen LogP contribution in [-0.2, 0) is 24.8 Å². The van der Waals surface area contributed by atoms with Crippen LogP contribution in [0.1, 0.15) is 35.6 Å². The summed E-state index contributed by atoms with van der Waals surface area (Å²) in [7, 11) is 1.82. The lowest BCUT2D eigenvalue weighted by Crippen LogP contribution is -2.35. The third kappa shape index (κ3) is 4.71. The van der Waals surface area contributed by atoms with Gasteiger partial charge in [-0.05, 0) is 30.0 Å². The standard InChI is InChI=1S/C20H28N4O2/c1-15(2)12-17-13-19(23(3)22-17)20(25)21-18-7-5-4-6-16(18)14-24-8-10-26-11-9-24/h4-7,13,15H,8-12,14H2,1-3H3,(H,21,25). The minimum atomic E-state index is -0.121. The van der Waals surface area contributed by atoms with Crippen molar-refractivity contribution in [2.24, 2.45) is 13.0 Å². The highest BCUT2D eigenvalue weighted by atomic mass is 16.5. The van der Waals surface area contributed by atoms with Gasteiger partial charge in [0.2, 0.25) is 0 Å². The van der Waals surface area contributed by atoms with E-state index in [2.05, 4.69) is 35.2 Å². The molecule has 1 fully saturated rings. The van der Waals surface area contributed by atoms with E-state index in [0.29, 0.717) is 11.6 Å². The van der Waals surface area contributed by atoms with Crippen molar-refractivity contribution < 1.29 is 9.53 Å². The van der Waals surface area contributed by atoms with Crippen LogP contribution in [0.4, 0.5) is 5.69 Å². The molecule has 0 atom stereocenters. The van der Waals surface area contributed by atoms with Crippen LogP contribution in [0, 0.1) is 5.92 Å². The fraction of sp³-hybridized carbons (Fsp3) is 0.500. The number of amides is 1. The molecule has 1 N–H and O–H groups in total. The molecule has 1 aliphatic rings. The number of hydrogen-bond acceptors (Lipinski definition) is 4. The second-order valence-corrected chi connectivity index (χ2v) is 7.24. The van der Waals surface area contributed by atoms with E-state index in [1.165, 1.54) is 0 Å². The maximum atomic E-state index is 12.8. The molecule has 3 rings (SSSR count). The highest BCUT2D eigenvalue weighted by Gasteiger charge is 2.17. The molecule has 6 heteroatoms. The summed E-state index contributed by atoms with van der Waals surface area (Å²) >= 11 is 0. The number of carbonyl (C=O) groups is 1. The SMILES string of the molecule is CC(C)Cc1cc(C(=O)Nc2ccccc2CN2CCOCC2)n(C)n1. The Morgan fingerprint density at radius 2 is 2.00 bits per heavy atom. The van der Waals surface area contributed by atoms with Crippen molar-refractivity contribution in [3.63, 3.8) is 0 Å². The van der Waals surface area contributed by atoms with Gasteiger partial charge in [0.25, 0.3) is 5.91 Å². The number of para-hydroxylation sites is 1.